The lowest BCUT2D eigenvalue weighted by Crippen LogP contribution is -2.36. The van der Waals surface area contributed by atoms with Gasteiger partial charge in [0, 0.05) is 13.1 Å². The molecule has 100 valence electrons. The Hall–Kier alpha value is -1.16. The first-order valence-electron chi connectivity index (χ1n) is 6.32. The van der Waals surface area contributed by atoms with Gasteiger partial charge in [-0.15, -0.1) is 0 Å². The molecule has 0 radical (unpaired) electrons. The first-order valence-corrected chi connectivity index (χ1v) is 6.70. The van der Waals surface area contributed by atoms with Crippen molar-refractivity contribution in [1.29, 1.82) is 0 Å². The Labute approximate surface area is 112 Å². The molecule has 1 aliphatic heterocycles. The number of hydrogen-bond donors (Lipinski definition) is 2. The maximum Gasteiger partial charge on any atom is 0.169 e. The second-order valence-electron chi connectivity index (χ2n) is 4.89. The molecule has 1 aliphatic rings. The quantitative estimate of drug-likeness (QED) is 0.812. The summed E-state index contributed by atoms with van der Waals surface area (Å²) in [5.74, 6) is 0.0970. The average Bonchev–Trinajstić information content (AvgIpc) is 2.36. The Balaban J connectivity index is 2.35. The van der Waals surface area contributed by atoms with Gasteiger partial charge in [0.25, 0.3) is 0 Å². The Morgan fingerprint density at radius 1 is 1.44 bits per heavy atom. The van der Waals surface area contributed by atoms with Crippen LogP contribution in [0.15, 0.2) is 6.07 Å². The number of nitrogens with two attached hydrogens (primary N) is 2. The zero-order valence-electron chi connectivity index (χ0n) is 10.5. The zero-order chi connectivity index (χ0) is 13.3. The van der Waals surface area contributed by atoms with Crippen LogP contribution in [0.4, 0.5) is 21.5 Å². The number of nitrogens with zero attached hydrogens (tertiary/aromatic N) is 1. The summed E-state index contributed by atoms with van der Waals surface area (Å²) >= 11 is 5.86. The van der Waals surface area contributed by atoms with Crippen molar-refractivity contribution in [3.63, 3.8) is 0 Å². The molecule has 0 aliphatic carbocycles. The van der Waals surface area contributed by atoms with Crippen LogP contribution in [-0.4, -0.2) is 13.1 Å². The lowest BCUT2D eigenvalue weighted by molar-refractivity contribution is 0.402. The van der Waals surface area contributed by atoms with Crippen molar-refractivity contribution >= 4 is 28.7 Å². The highest BCUT2D eigenvalue weighted by Gasteiger charge is 2.24. The second kappa shape index (κ2) is 5.22. The van der Waals surface area contributed by atoms with Crippen LogP contribution in [0.1, 0.15) is 26.2 Å². The molecule has 4 N–H and O–H groups in total. The molecule has 1 aromatic carbocycles. The lowest BCUT2D eigenvalue weighted by Gasteiger charge is -2.35. The van der Waals surface area contributed by atoms with E-state index in [1.807, 2.05) is 4.90 Å². The molecular formula is C13H19ClFN3. The third-order valence-corrected chi connectivity index (χ3v) is 4.04. The Kier molecular flexibility index (Phi) is 3.85. The maximum atomic E-state index is 14.2. The van der Waals surface area contributed by atoms with Gasteiger partial charge in [0.05, 0.1) is 17.1 Å². The van der Waals surface area contributed by atoms with Gasteiger partial charge in [-0.3, -0.25) is 0 Å². The fourth-order valence-corrected chi connectivity index (χ4v) is 2.72. The largest absolute Gasteiger partial charge is 0.397 e. The van der Waals surface area contributed by atoms with Gasteiger partial charge in [-0.2, -0.15) is 0 Å². The van der Waals surface area contributed by atoms with Crippen LogP contribution >= 0.6 is 11.6 Å². The average molecular weight is 272 g/mol. The molecule has 1 saturated heterocycles. The first-order chi connectivity index (χ1) is 8.54. The molecule has 0 amide bonds. The predicted molar refractivity (Wildman–Crippen MR) is 75.5 cm³/mol. The van der Waals surface area contributed by atoms with Crippen LogP contribution in [0, 0.1) is 11.7 Å². The molecule has 5 heteroatoms. The summed E-state index contributed by atoms with van der Waals surface area (Å²) in [5, 5.41) is -0.0298. The molecule has 1 atom stereocenters. The third-order valence-electron chi connectivity index (χ3n) is 3.65. The monoisotopic (exact) mass is 271 g/mol. The molecule has 1 heterocycles. The first kappa shape index (κ1) is 13.3. The summed E-state index contributed by atoms with van der Waals surface area (Å²) in [6, 6.07) is 1.54. The molecule has 1 fully saturated rings. The minimum Gasteiger partial charge on any atom is -0.397 e. The number of halogens is 2. The number of rotatable bonds is 2. The van der Waals surface area contributed by atoms with Gasteiger partial charge in [0.2, 0.25) is 0 Å². The molecule has 0 spiro atoms. The predicted octanol–water partition coefficient (Wildman–Crippen LogP) is 3.27. The minimum atomic E-state index is -0.495. The number of hydrogen-bond acceptors (Lipinski definition) is 3. The van der Waals surface area contributed by atoms with Crippen molar-refractivity contribution in [3.8, 4) is 0 Å². The summed E-state index contributed by atoms with van der Waals surface area (Å²) in [4.78, 5) is 1.99. The van der Waals surface area contributed by atoms with E-state index in [1.165, 1.54) is 12.5 Å². The molecule has 3 nitrogen and oxygen atoms in total. The second-order valence-corrected chi connectivity index (χ2v) is 5.27. The van der Waals surface area contributed by atoms with Crippen LogP contribution < -0.4 is 16.4 Å². The van der Waals surface area contributed by atoms with Crippen molar-refractivity contribution < 1.29 is 4.39 Å². The van der Waals surface area contributed by atoms with E-state index in [9.17, 15) is 4.39 Å². The molecule has 1 aromatic rings. The van der Waals surface area contributed by atoms with Crippen molar-refractivity contribution in [2.45, 2.75) is 26.2 Å². The standard InChI is InChI=1S/C13H19ClFN3/c1-2-8-4-3-5-18(7-8)13-10(17)6-9(16)11(14)12(13)15/h6,8H,2-5,7,16-17H2,1H3. The number of nitrogen functional groups attached to an aromatic ring is 2. The van der Waals surface area contributed by atoms with Crippen LogP contribution in [0.25, 0.3) is 0 Å². The van der Waals surface area contributed by atoms with Gasteiger partial charge in [-0.05, 0) is 24.8 Å². The van der Waals surface area contributed by atoms with Crippen LogP contribution in [0.3, 0.4) is 0 Å². The third kappa shape index (κ3) is 2.34. The van der Waals surface area contributed by atoms with E-state index in [4.69, 9.17) is 23.1 Å². The van der Waals surface area contributed by atoms with E-state index >= 15 is 0 Å². The van der Waals surface area contributed by atoms with Gasteiger partial charge < -0.3 is 16.4 Å². The molecular weight excluding hydrogens is 253 g/mol. The lowest BCUT2D eigenvalue weighted by atomic mass is 9.95. The normalized spacial score (nSPS) is 20.2. The van der Waals surface area contributed by atoms with E-state index in [2.05, 4.69) is 6.92 Å². The summed E-state index contributed by atoms with van der Waals surface area (Å²) < 4.78 is 14.2. The molecule has 2 rings (SSSR count). The van der Waals surface area contributed by atoms with Crippen LogP contribution in [0.2, 0.25) is 5.02 Å². The molecule has 1 unspecified atom stereocenters. The van der Waals surface area contributed by atoms with E-state index in [1.54, 1.807) is 0 Å². The topological polar surface area (TPSA) is 55.3 Å². The molecule has 0 bridgehead atoms. The van der Waals surface area contributed by atoms with E-state index < -0.39 is 5.82 Å². The van der Waals surface area contributed by atoms with Gasteiger partial charge >= 0.3 is 0 Å². The Morgan fingerprint density at radius 3 is 2.83 bits per heavy atom. The van der Waals surface area contributed by atoms with E-state index in [0.717, 1.165) is 25.9 Å². The number of anilines is 3. The van der Waals surface area contributed by atoms with E-state index in [-0.39, 0.29) is 10.7 Å². The number of benzene rings is 1. The van der Waals surface area contributed by atoms with Crippen molar-refractivity contribution in [1.82, 2.24) is 0 Å². The summed E-state index contributed by atoms with van der Waals surface area (Å²) in [5.41, 5.74) is 12.5. The van der Waals surface area contributed by atoms with Gasteiger partial charge in [-0.1, -0.05) is 24.9 Å². The summed E-state index contributed by atoms with van der Waals surface area (Å²) in [6.45, 7) is 3.81. The van der Waals surface area contributed by atoms with E-state index in [0.29, 0.717) is 17.3 Å². The fourth-order valence-electron chi connectivity index (χ4n) is 2.58. The SMILES string of the molecule is CCC1CCCN(c2c(N)cc(N)c(Cl)c2F)C1. The van der Waals surface area contributed by atoms with Gasteiger partial charge in [-0.25, -0.2) is 4.39 Å². The zero-order valence-corrected chi connectivity index (χ0v) is 11.3. The molecule has 0 aromatic heterocycles. The highest BCUT2D eigenvalue weighted by atomic mass is 35.5. The summed E-state index contributed by atoms with van der Waals surface area (Å²) in [6.07, 6.45) is 3.34. The maximum absolute atomic E-state index is 14.2. The molecule has 18 heavy (non-hydrogen) atoms. The molecule has 0 saturated carbocycles. The van der Waals surface area contributed by atoms with Crippen LogP contribution in [-0.2, 0) is 0 Å². The van der Waals surface area contributed by atoms with Crippen molar-refractivity contribution in [2.24, 2.45) is 5.92 Å². The smallest absolute Gasteiger partial charge is 0.169 e. The van der Waals surface area contributed by atoms with Crippen LogP contribution in [0.5, 0.6) is 0 Å². The van der Waals surface area contributed by atoms with Gasteiger partial charge in [0.1, 0.15) is 5.02 Å². The van der Waals surface area contributed by atoms with Gasteiger partial charge in [0.15, 0.2) is 5.82 Å². The summed E-state index contributed by atoms with van der Waals surface area (Å²) in [7, 11) is 0. The Morgan fingerprint density at radius 2 is 2.17 bits per heavy atom. The highest BCUT2D eigenvalue weighted by molar-refractivity contribution is 6.33. The van der Waals surface area contributed by atoms with Crippen molar-refractivity contribution in [2.75, 3.05) is 29.5 Å². The Bertz CT molecular complexity index is 450. The minimum absolute atomic E-state index is 0.0298. The number of piperidine rings is 1. The van der Waals surface area contributed by atoms with Crippen molar-refractivity contribution in [3.05, 3.63) is 16.9 Å². The fraction of sp³-hybridized carbons (Fsp3) is 0.538. The highest BCUT2D eigenvalue weighted by Crippen LogP contribution is 2.38.